The molecular weight excluding hydrogens is 674 g/mol. The smallest absolute Gasteiger partial charge is 0.347 e. The van der Waals surface area contributed by atoms with Crippen LogP contribution in [0.15, 0.2) is 77.9 Å². The second-order valence-electron chi connectivity index (χ2n) is 8.93. The van der Waals surface area contributed by atoms with Gasteiger partial charge in [0.15, 0.2) is 23.4 Å². The van der Waals surface area contributed by atoms with Crippen LogP contribution in [0.3, 0.4) is 0 Å². The van der Waals surface area contributed by atoms with E-state index in [-0.39, 0.29) is 18.0 Å². The van der Waals surface area contributed by atoms with Gasteiger partial charge >= 0.3 is 5.97 Å². The highest BCUT2D eigenvalue weighted by Crippen LogP contribution is 2.43. The minimum atomic E-state index is -0.881. The normalized spacial score (nSPS) is 12.1. The third kappa shape index (κ3) is 5.51. The molecule has 0 bridgehead atoms. The van der Waals surface area contributed by atoms with E-state index in [1.54, 1.807) is 57.4 Å². The van der Waals surface area contributed by atoms with Crippen molar-refractivity contribution in [2.75, 3.05) is 20.8 Å². The van der Waals surface area contributed by atoms with Gasteiger partial charge in [0.05, 0.1) is 47.8 Å². The van der Waals surface area contributed by atoms with Crippen LogP contribution in [0.1, 0.15) is 19.4 Å². The maximum Gasteiger partial charge on any atom is 0.347 e. The van der Waals surface area contributed by atoms with E-state index in [2.05, 4.69) is 37.0 Å². The summed E-state index contributed by atoms with van der Waals surface area (Å²) in [5.74, 6) is 1.29. The van der Waals surface area contributed by atoms with Gasteiger partial charge in [-0.3, -0.25) is 4.79 Å². The first kappa shape index (κ1) is 29.3. The highest BCUT2D eigenvalue weighted by atomic mass is 79.9. The summed E-state index contributed by atoms with van der Waals surface area (Å²) in [5, 5.41) is 5.66. The topological polar surface area (TPSA) is 114 Å². The molecule has 0 aliphatic carbocycles. The number of rotatable bonds is 9. The van der Waals surface area contributed by atoms with Gasteiger partial charge in [-0.25, -0.2) is 9.78 Å². The summed E-state index contributed by atoms with van der Waals surface area (Å²) in [5.41, 5.74) is 1.24. The van der Waals surface area contributed by atoms with E-state index in [1.807, 2.05) is 18.2 Å². The van der Waals surface area contributed by atoms with Crippen molar-refractivity contribution in [1.29, 1.82) is 0 Å². The molecule has 42 heavy (non-hydrogen) atoms. The fourth-order valence-electron chi connectivity index (χ4n) is 4.28. The number of esters is 1. The second kappa shape index (κ2) is 12.4. The molecule has 216 valence electrons. The van der Waals surface area contributed by atoms with Crippen LogP contribution < -0.4 is 19.8 Å². The van der Waals surface area contributed by atoms with E-state index in [9.17, 15) is 9.59 Å². The average molecular weight is 699 g/mol. The number of para-hydroxylation sites is 1. The molecule has 2 heterocycles. The third-order valence-corrected chi connectivity index (χ3v) is 8.46. The summed E-state index contributed by atoms with van der Waals surface area (Å²) in [6.07, 6.45) is 0.606. The van der Waals surface area contributed by atoms with Gasteiger partial charge in [-0.15, -0.1) is 0 Å². The SMILES string of the molecule is CCOC(=O)[C@@H](C)Oc1c(OC)cc(C=Nn2c(-c3cc4c(OC)cccc4o3)nc3ccccc3c2=O)c(Br)c1Br. The van der Waals surface area contributed by atoms with Gasteiger partial charge in [-0.1, -0.05) is 18.2 Å². The van der Waals surface area contributed by atoms with Crippen LogP contribution in [0.4, 0.5) is 0 Å². The molecule has 0 spiro atoms. The first-order valence-corrected chi connectivity index (χ1v) is 14.4. The third-order valence-electron chi connectivity index (χ3n) is 6.32. The van der Waals surface area contributed by atoms with E-state index >= 15 is 0 Å². The number of carbonyl (C=O) groups excluding carboxylic acids is 1. The van der Waals surface area contributed by atoms with Crippen LogP contribution in [-0.4, -0.2) is 48.8 Å². The minimum Gasteiger partial charge on any atom is -0.496 e. The predicted molar refractivity (Wildman–Crippen MR) is 166 cm³/mol. The monoisotopic (exact) mass is 697 g/mol. The van der Waals surface area contributed by atoms with Crippen molar-refractivity contribution < 1.29 is 28.2 Å². The Hall–Kier alpha value is -4.16. The van der Waals surface area contributed by atoms with Gasteiger partial charge in [-0.05, 0) is 82.1 Å². The lowest BCUT2D eigenvalue weighted by Gasteiger charge is -2.18. The molecule has 0 aliphatic heterocycles. The predicted octanol–water partition coefficient (Wildman–Crippen LogP) is 6.56. The molecule has 3 aromatic carbocycles. The number of ether oxygens (including phenoxy) is 4. The van der Waals surface area contributed by atoms with Crippen LogP contribution in [0.25, 0.3) is 33.5 Å². The molecule has 0 amide bonds. The average Bonchev–Trinajstić information content (AvgIpc) is 3.44. The quantitative estimate of drug-likeness (QED) is 0.126. The molecule has 5 aromatic rings. The molecule has 0 fully saturated rings. The highest BCUT2D eigenvalue weighted by Gasteiger charge is 2.23. The molecule has 0 unspecified atom stereocenters. The van der Waals surface area contributed by atoms with Crippen molar-refractivity contribution >= 4 is 65.9 Å². The summed E-state index contributed by atoms with van der Waals surface area (Å²) >= 11 is 7.08. The van der Waals surface area contributed by atoms with Crippen molar-refractivity contribution in [3.05, 3.63) is 79.5 Å². The highest BCUT2D eigenvalue weighted by molar-refractivity contribution is 9.13. The Bertz CT molecular complexity index is 1900. The number of nitrogens with zero attached hydrogens (tertiary/aromatic N) is 3. The fourth-order valence-corrected chi connectivity index (χ4v) is 5.19. The Kier molecular flexibility index (Phi) is 8.64. The molecule has 2 aromatic heterocycles. The van der Waals surface area contributed by atoms with Crippen LogP contribution in [0.5, 0.6) is 17.2 Å². The van der Waals surface area contributed by atoms with E-state index in [0.717, 1.165) is 5.39 Å². The Balaban J connectivity index is 1.63. The summed E-state index contributed by atoms with van der Waals surface area (Å²) < 4.78 is 30.2. The number of hydrogen-bond donors (Lipinski definition) is 0. The van der Waals surface area contributed by atoms with E-state index in [0.29, 0.717) is 54.0 Å². The number of aromatic nitrogens is 2. The fraction of sp³-hybridized carbons (Fsp3) is 0.200. The molecule has 5 rings (SSSR count). The molecular formula is C30H25Br2N3O7. The number of hydrogen-bond acceptors (Lipinski definition) is 9. The number of fused-ring (bicyclic) bond motifs is 2. The molecule has 10 nitrogen and oxygen atoms in total. The zero-order chi connectivity index (χ0) is 30.0. The zero-order valence-electron chi connectivity index (χ0n) is 23.0. The number of methoxy groups -OCH3 is 2. The summed E-state index contributed by atoms with van der Waals surface area (Å²) in [6, 6.07) is 15.9. The zero-order valence-corrected chi connectivity index (χ0v) is 26.2. The molecule has 1 atom stereocenters. The van der Waals surface area contributed by atoms with Gasteiger partial charge in [0.1, 0.15) is 11.3 Å². The minimum absolute atomic E-state index is 0.207. The van der Waals surface area contributed by atoms with Crippen LogP contribution in [0.2, 0.25) is 0 Å². The lowest BCUT2D eigenvalue weighted by Crippen LogP contribution is -2.26. The van der Waals surface area contributed by atoms with Gasteiger partial charge < -0.3 is 23.4 Å². The lowest BCUT2D eigenvalue weighted by atomic mass is 10.2. The molecule has 12 heteroatoms. The van der Waals surface area contributed by atoms with Crippen LogP contribution in [-0.2, 0) is 9.53 Å². The van der Waals surface area contributed by atoms with Gasteiger partial charge in [0.25, 0.3) is 5.56 Å². The van der Waals surface area contributed by atoms with E-state index in [1.165, 1.54) is 18.0 Å². The van der Waals surface area contributed by atoms with Crippen molar-refractivity contribution in [3.8, 4) is 28.8 Å². The first-order valence-electron chi connectivity index (χ1n) is 12.8. The summed E-state index contributed by atoms with van der Waals surface area (Å²) in [7, 11) is 3.05. The number of carbonyl (C=O) groups is 1. The van der Waals surface area contributed by atoms with Crippen LogP contribution in [0, 0.1) is 0 Å². The number of halogens is 2. The van der Waals surface area contributed by atoms with Crippen molar-refractivity contribution in [3.63, 3.8) is 0 Å². The van der Waals surface area contributed by atoms with Gasteiger partial charge in [-0.2, -0.15) is 9.78 Å². The Morgan fingerprint density at radius 2 is 1.81 bits per heavy atom. The Labute approximate surface area is 257 Å². The Morgan fingerprint density at radius 3 is 2.55 bits per heavy atom. The first-order chi connectivity index (χ1) is 20.3. The van der Waals surface area contributed by atoms with Crippen LogP contribution >= 0.6 is 31.9 Å². The number of benzene rings is 3. The maximum absolute atomic E-state index is 13.7. The van der Waals surface area contributed by atoms with Gasteiger partial charge in [0.2, 0.25) is 5.82 Å². The molecule has 0 aliphatic rings. The molecule has 0 saturated carbocycles. The largest absolute Gasteiger partial charge is 0.496 e. The van der Waals surface area contributed by atoms with Crippen molar-refractivity contribution in [2.45, 2.75) is 20.0 Å². The molecule has 0 N–H and O–H groups in total. The Morgan fingerprint density at radius 1 is 1.05 bits per heavy atom. The second-order valence-corrected chi connectivity index (χ2v) is 10.5. The van der Waals surface area contributed by atoms with Crippen molar-refractivity contribution in [1.82, 2.24) is 9.66 Å². The molecule has 0 saturated heterocycles. The summed E-state index contributed by atoms with van der Waals surface area (Å²) in [4.78, 5) is 30.6. The number of furan rings is 1. The maximum atomic E-state index is 13.7. The lowest BCUT2D eigenvalue weighted by molar-refractivity contribution is -0.150. The standard InChI is InChI=1S/C30H25Br2N3O7/c1-5-40-30(37)16(2)41-27-23(39-4)13-17(25(31)26(27)32)15-33-35-28(34-20-10-7-6-9-18(20)29(35)36)24-14-19-21(38-3)11-8-12-22(19)42-24/h6-16H,5H2,1-4H3/t16-/m1/s1. The van der Waals surface area contributed by atoms with Gasteiger partial charge in [0, 0.05) is 10.0 Å². The van der Waals surface area contributed by atoms with E-state index in [4.69, 9.17) is 28.3 Å². The van der Waals surface area contributed by atoms with E-state index < -0.39 is 12.1 Å². The summed E-state index contributed by atoms with van der Waals surface area (Å²) in [6.45, 7) is 3.54. The van der Waals surface area contributed by atoms with Crippen molar-refractivity contribution in [2.24, 2.45) is 5.10 Å². The molecule has 0 radical (unpaired) electrons.